The topological polar surface area (TPSA) is 53.5 Å². The van der Waals surface area contributed by atoms with Gasteiger partial charge in [0.15, 0.2) is 11.6 Å². The fourth-order valence-corrected chi connectivity index (χ4v) is 3.73. The number of amides is 2. The van der Waals surface area contributed by atoms with E-state index in [9.17, 15) is 27.2 Å². The molecule has 2 fully saturated rings. The maximum atomic E-state index is 14.3. The normalized spacial score (nSPS) is 20.1. The first-order valence-corrected chi connectivity index (χ1v) is 9.61. The number of nitrogens with zero attached hydrogens (tertiary/aromatic N) is 3. The number of pyridine rings is 1. The maximum absolute atomic E-state index is 14.3. The third-order valence-corrected chi connectivity index (χ3v) is 5.42. The highest BCUT2D eigenvalue weighted by Crippen LogP contribution is 2.39. The molecule has 30 heavy (non-hydrogen) atoms. The van der Waals surface area contributed by atoms with Crippen molar-refractivity contribution in [3.63, 3.8) is 0 Å². The van der Waals surface area contributed by atoms with E-state index < -0.39 is 42.0 Å². The predicted molar refractivity (Wildman–Crippen MR) is 100 cm³/mol. The molecule has 1 aromatic heterocycles. The van der Waals surface area contributed by atoms with Crippen LogP contribution in [0.1, 0.15) is 24.0 Å². The van der Waals surface area contributed by atoms with Gasteiger partial charge in [0.1, 0.15) is 12.6 Å². The molecule has 1 saturated heterocycles. The molecule has 0 radical (unpaired) electrons. The molecule has 1 aliphatic carbocycles. The molecule has 2 aliphatic rings. The fraction of sp³-hybridized carbons (Fsp3) is 0.350. The minimum absolute atomic E-state index is 0.00571. The van der Waals surface area contributed by atoms with Crippen LogP contribution in [0.2, 0.25) is 5.02 Å². The number of anilines is 1. The van der Waals surface area contributed by atoms with Crippen LogP contribution in [0.25, 0.3) is 0 Å². The second-order valence-electron chi connectivity index (χ2n) is 7.38. The minimum Gasteiger partial charge on any atom is -0.324 e. The molecule has 4 rings (SSSR count). The van der Waals surface area contributed by atoms with Crippen molar-refractivity contribution >= 4 is 29.2 Å². The molecule has 0 spiro atoms. The van der Waals surface area contributed by atoms with Gasteiger partial charge in [0.2, 0.25) is 5.91 Å². The number of halogens is 5. The zero-order chi connectivity index (χ0) is 21.6. The molecule has 158 valence electrons. The van der Waals surface area contributed by atoms with E-state index in [-0.39, 0.29) is 23.3 Å². The standard InChI is InChI=1S/C20H16ClF4N3O2/c21-14-7-15(22)18(26-8-14)28-10-16(29)27(17(19(28)30)12-3-4-12)9-11-1-5-13(6-2-11)20(23,24)25/h1-2,5-8,12,17H,3-4,9-10H2. The fourth-order valence-electron chi connectivity index (χ4n) is 3.59. The molecular formula is C20H16ClF4N3O2. The van der Waals surface area contributed by atoms with Crippen molar-refractivity contribution in [2.75, 3.05) is 11.4 Å². The zero-order valence-corrected chi connectivity index (χ0v) is 16.3. The monoisotopic (exact) mass is 441 g/mol. The molecule has 1 atom stereocenters. The highest BCUT2D eigenvalue weighted by molar-refractivity contribution is 6.30. The van der Waals surface area contributed by atoms with E-state index in [0.717, 1.165) is 35.9 Å². The molecule has 1 saturated carbocycles. The van der Waals surface area contributed by atoms with Crippen LogP contribution in [0.5, 0.6) is 0 Å². The Hall–Kier alpha value is -2.68. The molecule has 1 unspecified atom stereocenters. The highest BCUT2D eigenvalue weighted by Gasteiger charge is 2.48. The number of rotatable bonds is 4. The van der Waals surface area contributed by atoms with Crippen molar-refractivity contribution < 1.29 is 27.2 Å². The summed E-state index contributed by atoms with van der Waals surface area (Å²) in [5, 5.41) is 0.0645. The Bertz CT molecular complexity index is 993. The molecule has 2 heterocycles. The summed E-state index contributed by atoms with van der Waals surface area (Å²) in [4.78, 5) is 32.2. The first-order chi connectivity index (χ1) is 14.1. The Morgan fingerprint density at radius 3 is 2.37 bits per heavy atom. The summed E-state index contributed by atoms with van der Waals surface area (Å²) < 4.78 is 52.6. The van der Waals surface area contributed by atoms with E-state index in [1.807, 2.05) is 0 Å². The maximum Gasteiger partial charge on any atom is 0.416 e. The van der Waals surface area contributed by atoms with Gasteiger partial charge >= 0.3 is 6.18 Å². The van der Waals surface area contributed by atoms with Gasteiger partial charge in [-0.25, -0.2) is 9.37 Å². The molecule has 1 aromatic carbocycles. The molecule has 0 bridgehead atoms. The second kappa shape index (κ2) is 7.54. The van der Waals surface area contributed by atoms with Crippen molar-refractivity contribution in [2.24, 2.45) is 5.92 Å². The van der Waals surface area contributed by atoms with Gasteiger partial charge in [-0.15, -0.1) is 0 Å². The third-order valence-electron chi connectivity index (χ3n) is 5.22. The van der Waals surface area contributed by atoms with E-state index >= 15 is 0 Å². The zero-order valence-electron chi connectivity index (χ0n) is 15.5. The average Bonchev–Trinajstić information content (AvgIpc) is 3.50. The van der Waals surface area contributed by atoms with Crippen LogP contribution in [0.15, 0.2) is 36.5 Å². The van der Waals surface area contributed by atoms with Crippen molar-refractivity contribution in [1.82, 2.24) is 9.88 Å². The first-order valence-electron chi connectivity index (χ1n) is 9.23. The largest absolute Gasteiger partial charge is 0.416 e. The highest BCUT2D eigenvalue weighted by atomic mass is 35.5. The molecule has 1 aliphatic heterocycles. The van der Waals surface area contributed by atoms with Gasteiger partial charge in [0.25, 0.3) is 5.91 Å². The van der Waals surface area contributed by atoms with Crippen molar-refractivity contribution in [3.05, 3.63) is 58.5 Å². The minimum atomic E-state index is -4.46. The summed E-state index contributed by atoms with van der Waals surface area (Å²) in [6.07, 6.45) is -1.80. The van der Waals surface area contributed by atoms with Gasteiger partial charge in [-0.05, 0) is 42.5 Å². The van der Waals surface area contributed by atoms with Crippen LogP contribution in [0.3, 0.4) is 0 Å². The lowest BCUT2D eigenvalue weighted by Crippen LogP contribution is -2.61. The van der Waals surface area contributed by atoms with Gasteiger partial charge in [-0.2, -0.15) is 13.2 Å². The van der Waals surface area contributed by atoms with Gasteiger partial charge in [0.05, 0.1) is 10.6 Å². The molecule has 2 amide bonds. The van der Waals surface area contributed by atoms with E-state index in [4.69, 9.17) is 11.6 Å². The summed E-state index contributed by atoms with van der Waals surface area (Å²) in [6.45, 7) is -0.414. The number of aromatic nitrogens is 1. The summed E-state index contributed by atoms with van der Waals surface area (Å²) in [5.74, 6) is -2.04. The molecule has 5 nitrogen and oxygen atoms in total. The van der Waals surface area contributed by atoms with Gasteiger partial charge < -0.3 is 4.90 Å². The summed E-state index contributed by atoms with van der Waals surface area (Å²) in [5.41, 5.74) is -0.319. The van der Waals surface area contributed by atoms with Crippen LogP contribution in [-0.2, 0) is 22.3 Å². The average molecular weight is 442 g/mol. The number of alkyl halides is 3. The number of benzene rings is 1. The van der Waals surface area contributed by atoms with Crippen LogP contribution in [0, 0.1) is 11.7 Å². The van der Waals surface area contributed by atoms with Gasteiger partial charge in [0, 0.05) is 12.7 Å². The lowest BCUT2D eigenvalue weighted by molar-refractivity contribution is -0.144. The molecular weight excluding hydrogens is 426 g/mol. The summed E-state index contributed by atoms with van der Waals surface area (Å²) >= 11 is 5.71. The van der Waals surface area contributed by atoms with Crippen LogP contribution in [-0.4, -0.2) is 34.3 Å². The van der Waals surface area contributed by atoms with E-state index in [0.29, 0.717) is 5.56 Å². The Labute approximate surface area is 174 Å². The smallest absolute Gasteiger partial charge is 0.324 e. The molecule has 0 N–H and O–H groups in total. The number of carbonyl (C=O) groups is 2. The Morgan fingerprint density at radius 2 is 1.80 bits per heavy atom. The second-order valence-corrected chi connectivity index (χ2v) is 7.82. The number of hydrogen-bond donors (Lipinski definition) is 0. The van der Waals surface area contributed by atoms with Crippen LogP contribution in [0.4, 0.5) is 23.4 Å². The van der Waals surface area contributed by atoms with Crippen molar-refractivity contribution in [2.45, 2.75) is 31.6 Å². The number of piperazine rings is 1. The lowest BCUT2D eigenvalue weighted by atomic mass is 10.0. The quantitative estimate of drug-likeness (QED) is 0.673. The van der Waals surface area contributed by atoms with Crippen molar-refractivity contribution in [3.8, 4) is 0 Å². The van der Waals surface area contributed by atoms with E-state index in [2.05, 4.69) is 4.98 Å². The summed E-state index contributed by atoms with van der Waals surface area (Å²) in [7, 11) is 0. The lowest BCUT2D eigenvalue weighted by Gasteiger charge is -2.40. The van der Waals surface area contributed by atoms with Crippen molar-refractivity contribution in [1.29, 1.82) is 0 Å². The SMILES string of the molecule is O=C1C(C2CC2)N(Cc2ccc(C(F)(F)F)cc2)C(=O)CN1c1ncc(Cl)cc1F. The third kappa shape index (κ3) is 3.98. The van der Waals surface area contributed by atoms with E-state index in [1.54, 1.807) is 0 Å². The van der Waals surface area contributed by atoms with E-state index in [1.165, 1.54) is 23.2 Å². The first kappa shape index (κ1) is 20.6. The number of carbonyl (C=O) groups excluding carboxylic acids is 2. The molecule has 10 heteroatoms. The Kier molecular flexibility index (Phi) is 5.17. The molecule has 2 aromatic rings. The van der Waals surface area contributed by atoms with Crippen LogP contribution >= 0.6 is 11.6 Å². The Morgan fingerprint density at radius 1 is 1.13 bits per heavy atom. The van der Waals surface area contributed by atoms with Gasteiger partial charge in [-0.1, -0.05) is 23.7 Å². The number of hydrogen-bond acceptors (Lipinski definition) is 3. The Balaban J connectivity index is 1.59. The van der Waals surface area contributed by atoms with Gasteiger partial charge in [-0.3, -0.25) is 14.5 Å². The summed E-state index contributed by atoms with van der Waals surface area (Å²) in [6, 6.07) is 4.66. The van der Waals surface area contributed by atoms with Crippen LogP contribution < -0.4 is 4.90 Å². The predicted octanol–water partition coefficient (Wildman–Crippen LogP) is 4.05.